The molecule has 0 spiro atoms. The molecule has 0 bridgehead atoms. The number of carbonyl (C=O) groups excluding carboxylic acids is 2. The van der Waals surface area contributed by atoms with Gasteiger partial charge in [0.05, 0.1) is 11.6 Å². The fraction of sp³-hybridized carbons (Fsp3) is 0.391. The molecule has 7 nitrogen and oxygen atoms in total. The number of pyridine rings is 1. The first kappa shape index (κ1) is 21.3. The topological polar surface area (TPSA) is 98.1 Å². The molecule has 3 rings (SSSR count). The molecule has 0 unspecified atom stereocenters. The summed E-state index contributed by atoms with van der Waals surface area (Å²) in [6, 6.07) is 14.7. The number of benzene rings is 1. The van der Waals surface area contributed by atoms with Gasteiger partial charge in [-0.05, 0) is 62.9 Å². The third kappa shape index (κ3) is 5.57. The molecule has 1 aliphatic rings. The van der Waals surface area contributed by atoms with E-state index in [1.165, 1.54) is 0 Å². The molecule has 1 fully saturated rings. The average Bonchev–Trinajstić information content (AvgIpc) is 2.77. The average molecular weight is 406 g/mol. The molecule has 0 saturated carbocycles. The Morgan fingerprint density at radius 3 is 2.47 bits per heavy atom. The predicted octanol–water partition coefficient (Wildman–Crippen LogP) is 2.74. The maximum Gasteiger partial charge on any atom is 0.270 e. The van der Waals surface area contributed by atoms with Gasteiger partial charge >= 0.3 is 0 Å². The van der Waals surface area contributed by atoms with Gasteiger partial charge in [-0.2, -0.15) is 5.26 Å². The molecule has 2 heterocycles. The fourth-order valence-electron chi connectivity index (χ4n) is 3.52. The summed E-state index contributed by atoms with van der Waals surface area (Å²) in [4.78, 5) is 31.1. The Labute approximate surface area is 177 Å². The van der Waals surface area contributed by atoms with Gasteiger partial charge in [0, 0.05) is 31.4 Å². The zero-order chi connectivity index (χ0) is 21.5. The van der Waals surface area contributed by atoms with E-state index in [2.05, 4.69) is 26.6 Å². The first-order valence-corrected chi connectivity index (χ1v) is 10.3. The highest BCUT2D eigenvalue weighted by Gasteiger charge is 2.21. The van der Waals surface area contributed by atoms with Gasteiger partial charge in [-0.25, -0.2) is 4.98 Å². The summed E-state index contributed by atoms with van der Waals surface area (Å²) in [6.45, 7) is 6.10. The highest BCUT2D eigenvalue weighted by Crippen LogP contribution is 2.23. The molecule has 0 radical (unpaired) electrons. The zero-order valence-corrected chi connectivity index (χ0v) is 17.4. The molecule has 2 aromatic rings. The molecule has 2 N–H and O–H groups in total. The molecule has 156 valence electrons. The first-order chi connectivity index (χ1) is 14.5. The van der Waals surface area contributed by atoms with Crippen LogP contribution < -0.4 is 15.5 Å². The number of carbonyl (C=O) groups is 2. The van der Waals surface area contributed by atoms with Gasteiger partial charge in [-0.15, -0.1) is 0 Å². The highest BCUT2D eigenvalue weighted by atomic mass is 16.2. The number of rotatable bonds is 6. The number of amides is 2. The maximum absolute atomic E-state index is 12.5. The van der Waals surface area contributed by atoms with Gasteiger partial charge in [0.1, 0.15) is 11.4 Å². The third-order valence-corrected chi connectivity index (χ3v) is 5.14. The van der Waals surface area contributed by atoms with E-state index in [1.54, 1.807) is 24.3 Å². The van der Waals surface area contributed by atoms with Crippen LogP contribution in [0.3, 0.4) is 0 Å². The molecule has 1 aromatic heterocycles. The lowest BCUT2D eigenvalue weighted by Gasteiger charge is -2.33. The van der Waals surface area contributed by atoms with Crippen LogP contribution in [0.4, 0.5) is 5.69 Å². The number of anilines is 1. The van der Waals surface area contributed by atoms with Crippen molar-refractivity contribution in [2.24, 2.45) is 5.92 Å². The minimum atomic E-state index is -0.285. The smallest absolute Gasteiger partial charge is 0.270 e. The Bertz CT molecular complexity index is 943. The van der Waals surface area contributed by atoms with Crippen LogP contribution in [0.25, 0.3) is 0 Å². The second kappa shape index (κ2) is 9.88. The lowest BCUT2D eigenvalue weighted by Crippen LogP contribution is -2.39. The van der Waals surface area contributed by atoms with Crippen LogP contribution >= 0.6 is 0 Å². The minimum absolute atomic E-state index is 0.00465. The van der Waals surface area contributed by atoms with Crippen LogP contribution in [0.5, 0.6) is 0 Å². The summed E-state index contributed by atoms with van der Waals surface area (Å²) in [5, 5.41) is 14.8. The summed E-state index contributed by atoms with van der Waals surface area (Å²) >= 11 is 0. The van der Waals surface area contributed by atoms with Gasteiger partial charge in [-0.1, -0.05) is 12.1 Å². The lowest BCUT2D eigenvalue weighted by molar-refractivity contribution is 0.0934. The van der Waals surface area contributed by atoms with Crippen LogP contribution in [0.15, 0.2) is 42.5 Å². The monoisotopic (exact) mass is 405 g/mol. The number of nitrogens with one attached hydrogen (secondary N) is 2. The maximum atomic E-state index is 12.5. The summed E-state index contributed by atoms with van der Waals surface area (Å²) in [5.41, 5.74) is 2.22. The Morgan fingerprint density at radius 1 is 1.13 bits per heavy atom. The second-order valence-electron chi connectivity index (χ2n) is 7.84. The second-order valence-corrected chi connectivity index (χ2v) is 7.84. The van der Waals surface area contributed by atoms with Gasteiger partial charge in [0.25, 0.3) is 11.8 Å². The Kier molecular flexibility index (Phi) is 7.02. The van der Waals surface area contributed by atoms with Gasteiger partial charge in [0.15, 0.2) is 0 Å². The van der Waals surface area contributed by atoms with E-state index < -0.39 is 0 Å². The van der Waals surface area contributed by atoms with E-state index in [9.17, 15) is 9.59 Å². The molecule has 1 aliphatic heterocycles. The number of hydrogen-bond donors (Lipinski definition) is 2. The highest BCUT2D eigenvalue weighted by molar-refractivity contribution is 5.96. The van der Waals surface area contributed by atoms with Crippen molar-refractivity contribution >= 4 is 17.5 Å². The molecule has 7 heteroatoms. The van der Waals surface area contributed by atoms with Crippen molar-refractivity contribution in [1.29, 1.82) is 5.26 Å². The van der Waals surface area contributed by atoms with Gasteiger partial charge in [-0.3, -0.25) is 9.59 Å². The lowest BCUT2D eigenvalue weighted by atomic mass is 9.96. The van der Waals surface area contributed by atoms with Gasteiger partial charge in [0.2, 0.25) is 0 Å². The SMILES string of the molecule is CC(C)NC(=O)c1cccc(C(=O)NCC2CCN(c3cccc(C#N)c3)CC2)n1. The molecule has 30 heavy (non-hydrogen) atoms. The Balaban J connectivity index is 1.50. The number of hydrogen-bond acceptors (Lipinski definition) is 5. The van der Waals surface area contributed by atoms with E-state index >= 15 is 0 Å². The van der Waals surface area contributed by atoms with E-state index in [-0.39, 0.29) is 29.2 Å². The van der Waals surface area contributed by atoms with E-state index in [0.717, 1.165) is 31.6 Å². The first-order valence-electron chi connectivity index (χ1n) is 10.3. The van der Waals surface area contributed by atoms with Crippen molar-refractivity contribution in [1.82, 2.24) is 15.6 Å². The Hall–Kier alpha value is -3.40. The standard InChI is InChI=1S/C23H27N5O2/c1-16(2)26-23(30)21-8-4-7-20(27-21)22(29)25-15-17-9-11-28(12-10-17)19-6-3-5-18(13-19)14-24/h3-8,13,16-17H,9-12,15H2,1-2H3,(H,25,29)(H,26,30). The van der Waals surface area contributed by atoms with E-state index in [4.69, 9.17) is 5.26 Å². The van der Waals surface area contributed by atoms with Crippen LogP contribution in [0, 0.1) is 17.2 Å². The quantitative estimate of drug-likeness (QED) is 0.770. The minimum Gasteiger partial charge on any atom is -0.371 e. The largest absolute Gasteiger partial charge is 0.371 e. The Morgan fingerprint density at radius 2 is 1.80 bits per heavy atom. The number of aromatic nitrogens is 1. The van der Waals surface area contributed by atoms with Crippen molar-refractivity contribution in [2.45, 2.75) is 32.7 Å². The van der Waals surface area contributed by atoms with Crippen LogP contribution in [-0.4, -0.2) is 42.5 Å². The normalized spacial score (nSPS) is 14.3. The van der Waals surface area contributed by atoms with Crippen molar-refractivity contribution in [3.63, 3.8) is 0 Å². The third-order valence-electron chi connectivity index (χ3n) is 5.14. The molecule has 0 atom stereocenters. The predicted molar refractivity (Wildman–Crippen MR) is 115 cm³/mol. The summed E-state index contributed by atoms with van der Waals surface area (Å²) in [6.07, 6.45) is 1.92. The fourth-order valence-corrected chi connectivity index (χ4v) is 3.52. The summed E-state index contributed by atoms with van der Waals surface area (Å²) < 4.78 is 0. The van der Waals surface area contributed by atoms with Crippen molar-refractivity contribution in [2.75, 3.05) is 24.5 Å². The molecule has 2 amide bonds. The molecule has 0 aliphatic carbocycles. The number of nitrogens with zero attached hydrogens (tertiary/aromatic N) is 3. The molecule has 1 saturated heterocycles. The van der Waals surface area contributed by atoms with Crippen molar-refractivity contribution < 1.29 is 9.59 Å². The van der Waals surface area contributed by atoms with Crippen LogP contribution in [-0.2, 0) is 0 Å². The van der Waals surface area contributed by atoms with E-state index in [1.807, 2.05) is 32.0 Å². The van der Waals surface area contributed by atoms with Crippen molar-refractivity contribution in [3.8, 4) is 6.07 Å². The van der Waals surface area contributed by atoms with Crippen LogP contribution in [0.1, 0.15) is 53.2 Å². The zero-order valence-electron chi connectivity index (χ0n) is 17.4. The molecule has 1 aromatic carbocycles. The number of piperidine rings is 1. The van der Waals surface area contributed by atoms with E-state index in [0.29, 0.717) is 18.0 Å². The van der Waals surface area contributed by atoms with Crippen LogP contribution in [0.2, 0.25) is 0 Å². The molecular weight excluding hydrogens is 378 g/mol. The number of nitriles is 1. The van der Waals surface area contributed by atoms with Gasteiger partial charge < -0.3 is 15.5 Å². The summed E-state index contributed by atoms with van der Waals surface area (Å²) in [5.74, 6) is -0.164. The summed E-state index contributed by atoms with van der Waals surface area (Å²) in [7, 11) is 0. The molecular formula is C23H27N5O2. The van der Waals surface area contributed by atoms with Crippen molar-refractivity contribution in [3.05, 3.63) is 59.4 Å².